The SMILES string of the molecule is CCCNCc1cc(Br)ccc1N1CCOC2CCCC21. The van der Waals surface area contributed by atoms with Gasteiger partial charge >= 0.3 is 0 Å². The molecule has 1 N–H and O–H groups in total. The molecule has 2 unspecified atom stereocenters. The zero-order valence-corrected chi connectivity index (χ0v) is 14.4. The van der Waals surface area contributed by atoms with Crippen molar-refractivity contribution in [1.29, 1.82) is 0 Å². The quantitative estimate of drug-likeness (QED) is 0.817. The first-order valence-electron chi connectivity index (χ1n) is 8.17. The molecular weight excluding hydrogens is 328 g/mol. The van der Waals surface area contributed by atoms with Gasteiger partial charge in [-0.3, -0.25) is 0 Å². The molecule has 116 valence electrons. The Bertz CT molecular complexity index is 480. The Morgan fingerprint density at radius 1 is 1.38 bits per heavy atom. The lowest BCUT2D eigenvalue weighted by molar-refractivity contribution is 0.0256. The third-order valence-electron chi connectivity index (χ3n) is 4.58. The van der Waals surface area contributed by atoms with Gasteiger partial charge in [0.05, 0.1) is 18.8 Å². The molecule has 2 aliphatic rings. The Kier molecular flexibility index (Phi) is 5.19. The van der Waals surface area contributed by atoms with E-state index in [-0.39, 0.29) is 0 Å². The average molecular weight is 353 g/mol. The van der Waals surface area contributed by atoms with Crippen molar-refractivity contribution in [3.05, 3.63) is 28.2 Å². The number of nitrogens with zero attached hydrogens (tertiary/aromatic N) is 1. The van der Waals surface area contributed by atoms with Crippen molar-refractivity contribution in [3.8, 4) is 0 Å². The van der Waals surface area contributed by atoms with E-state index < -0.39 is 0 Å². The first kappa shape index (κ1) is 15.3. The highest BCUT2D eigenvalue weighted by molar-refractivity contribution is 9.10. The number of ether oxygens (including phenoxy) is 1. The summed E-state index contributed by atoms with van der Waals surface area (Å²) in [5, 5.41) is 3.54. The summed E-state index contributed by atoms with van der Waals surface area (Å²) in [6.07, 6.45) is 5.40. The van der Waals surface area contributed by atoms with Gasteiger partial charge in [-0.1, -0.05) is 22.9 Å². The second-order valence-electron chi connectivity index (χ2n) is 6.05. The third-order valence-corrected chi connectivity index (χ3v) is 5.07. The van der Waals surface area contributed by atoms with E-state index in [4.69, 9.17) is 4.74 Å². The number of anilines is 1. The second-order valence-corrected chi connectivity index (χ2v) is 6.97. The van der Waals surface area contributed by atoms with Crippen LogP contribution in [0.25, 0.3) is 0 Å². The van der Waals surface area contributed by atoms with Gasteiger partial charge < -0.3 is 15.0 Å². The van der Waals surface area contributed by atoms with Crippen LogP contribution >= 0.6 is 15.9 Å². The van der Waals surface area contributed by atoms with Gasteiger partial charge in [-0.15, -0.1) is 0 Å². The first-order chi connectivity index (χ1) is 10.3. The minimum Gasteiger partial charge on any atom is -0.374 e. The molecule has 0 amide bonds. The van der Waals surface area contributed by atoms with Gasteiger partial charge in [0.25, 0.3) is 0 Å². The van der Waals surface area contributed by atoms with Crippen LogP contribution in [0.5, 0.6) is 0 Å². The van der Waals surface area contributed by atoms with Crippen molar-refractivity contribution in [2.75, 3.05) is 24.6 Å². The fraction of sp³-hybridized carbons (Fsp3) is 0.647. The van der Waals surface area contributed by atoms with E-state index in [1.807, 2.05) is 0 Å². The minimum atomic E-state index is 0.443. The van der Waals surface area contributed by atoms with E-state index in [2.05, 4.69) is 51.3 Å². The molecule has 0 aromatic heterocycles. The van der Waals surface area contributed by atoms with Gasteiger partial charge in [-0.25, -0.2) is 0 Å². The molecule has 2 fully saturated rings. The highest BCUT2D eigenvalue weighted by Gasteiger charge is 2.36. The predicted octanol–water partition coefficient (Wildman–Crippen LogP) is 3.71. The molecule has 1 saturated carbocycles. The van der Waals surface area contributed by atoms with Crippen LogP contribution in [-0.4, -0.2) is 31.8 Å². The molecule has 1 saturated heterocycles. The highest BCUT2D eigenvalue weighted by atomic mass is 79.9. The average Bonchev–Trinajstić information content (AvgIpc) is 2.96. The van der Waals surface area contributed by atoms with Crippen LogP contribution < -0.4 is 10.2 Å². The number of morpholine rings is 1. The smallest absolute Gasteiger partial charge is 0.0779 e. The Labute approximate surface area is 136 Å². The summed E-state index contributed by atoms with van der Waals surface area (Å²) in [5.41, 5.74) is 2.78. The number of benzene rings is 1. The second kappa shape index (κ2) is 7.12. The molecular formula is C17H25BrN2O. The number of nitrogens with one attached hydrogen (secondary N) is 1. The standard InChI is InChI=1S/C17H25BrN2O/c1-2-8-19-12-13-11-14(18)6-7-15(13)20-9-10-21-17-5-3-4-16(17)20/h6-7,11,16-17,19H,2-5,8-10,12H2,1H3. The van der Waals surface area contributed by atoms with Crippen LogP contribution in [0, 0.1) is 0 Å². The maximum absolute atomic E-state index is 5.95. The molecule has 1 aliphatic carbocycles. The normalized spacial score (nSPS) is 25.1. The van der Waals surface area contributed by atoms with E-state index in [9.17, 15) is 0 Å². The molecule has 1 heterocycles. The maximum atomic E-state index is 5.95. The molecule has 1 aliphatic heterocycles. The maximum Gasteiger partial charge on any atom is 0.0779 e. The molecule has 3 rings (SSSR count). The summed E-state index contributed by atoms with van der Waals surface area (Å²) in [5.74, 6) is 0. The minimum absolute atomic E-state index is 0.443. The van der Waals surface area contributed by atoms with Crippen molar-refractivity contribution < 1.29 is 4.74 Å². The molecule has 1 aromatic carbocycles. The van der Waals surface area contributed by atoms with Gasteiger partial charge in [-0.2, -0.15) is 0 Å². The van der Waals surface area contributed by atoms with Crippen LogP contribution in [0.2, 0.25) is 0 Å². The third kappa shape index (κ3) is 3.43. The Balaban J connectivity index is 1.82. The monoisotopic (exact) mass is 352 g/mol. The summed E-state index contributed by atoms with van der Waals surface area (Å²) >= 11 is 3.61. The van der Waals surface area contributed by atoms with Crippen LogP contribution in [0.4, 0.5) is 5.69 Å². The topological polar surface area (TPSA) is 24.5 Å². The molecule has 0 radical (unpaired) electrons. The van der Waals surface area contributed by atoms with E-state index in [1.54, 1.807) is 0 Å². The van der Waals surface area contributed by atoms with Gasteiger partial charge in [0.2, 0.25) is 0 Å². The number of hydrogen-bond donors (Lipinski definition) is 1. The molecule has 21 heavy (non-hydrogen) atoms. The lowest BCUT2D eigenvalue weighted by atomic mass is 10.1. The van der Waals surface area contributed by atoms with Crippen LogP contribution in [0.1, 0.15) is 38.2 Å². The largest absolute Gasteiger partial charge is 0.374 e. The lowest BCUT2D eigenvalue weighted by Crippen LogP contribution is -2.49. The van der Waals surface area contributed by atoms with Gasteiger partial charge in [0, 0.05) is 23.2 Å². The molecule has 1 aromatic rings. The van der Waals surface area contributed by atoms with Crippen molar-refractivity contribution in [2.45, 2.75) is 51.3 Å². The first-order valence-corrected chi connectivity index (χ1v) is 8.96. The fourth-order valence-electron chi connectivity index (χ4n) is 3.60. The van der Waals surface area contributed by atoms with Crippen molar-refractivity contribution in [1.82, 2.24) is 5.32 Å². The van der Waals surface area contributed by atoms with Gasteiger partial charge in [0.15, 0.2) is 0 Å². The van der Waals surface area contributed by atoms with Crippen LogP contribution in [0.3, 0.4) is 0 Å². The zero-order chi connectivity index (χ0) is 14.7. The Morgan fingerprint density at radius 2 is 2.29 bits per heavy atom. The molecule has 2 atom stereocenters. The fourth-order valence-corrected chi connectivity index (χ4v) is 4.01. The summed E-state index contributed by atoms with van der Waals surface area (Å²) in [7, 11) is 0. The lowest BCUT2D eigenvalue weighted by Gasteiger charge is -2.40. The van der Waals surface area contributed by atoms with Crippen LogP contribution in [0.15, 0.2) is 22.7 Å². The van der Waals surface area contributed by atoms with E-state index >= 15 is 0 Å². The van der Waals surface area contributed by atoms with Crippen molar-refractivity contribution in [3.63, 3.8) is 0 Å². The predicted molar refractivity (Wildman–Crippen MR) is 90.9 cm³/mol. The number of halogens is 1. The zero-order valence-electron chi connectivity index (χ0n) is 12.8. The molecule has 4 heteroatoms. The summed E-state index contributed by atoms with van der Waals surface area (Å²) in [6.45, 7) is 6.10. The van der Waals surface area contributed by atoms with Crippen molar-refractivity contribution in [2.24, 2.45) is 0 Å². The number of hydrogen-bond acceptors (Lipinski definition) is 3. The van der Waals surface area contributed by atoms with E-state index in [0.29, 0.717) is 12.1 Å². The number of fused-ring (bicyclic) bond motifs is 1. The Morgan fingerprint density at radius 3 is 3.14 bits per heavy atom. The Hall–Kier alpha value is -0.580. The number of rotatable bonds is 5. The van der Waals surface area contributed by atoms with Crippen LogP contribution in [-0.2, 0) is 11.3 Å². The van der Waals surface area contributed by atoms with Crippen molar-refractivity contribution >= 4 is 21.6 Å². The molecule has 0 spiro atoms. The summed E-state index contributed by atoms with van der Waals surface area (Å²) in [4.78, 5) is 2.59. The highest BCUT2D eigenvalue weighted by Crippen LogP contribution is 2.35. The van der Waals surface area contributed by atoms with Gasteiger partial charge in [0.1, 0.15) is 0 Å². The summed E-state index contributed by atoms with van der Waals surface area (Å²) < 4.78 is 7.11. The molecule has 3 nitrogen and oxygen atoms in total. The molecule has 0 bridgehead atoms. The summed E-state index contributed by atoms with van der Waals surface area (Å²) in [6, 6.07) is 7.27. The van der Waals surface area contributed by atoms with Gasteiger partial charge in [-0.05, 0) is 56.0 Å². The van der Waals surface area contributed by atoms with E-state index in [1.165, 1.54) is 36.9 Å². The van der Waals surface area contributed by atoms with E-state index in [0.717, 1.165) is 30.7 Å².